The minimum atomic E-state index is -0.250. The molecular weight excluding hydrogens is 384 g/mol. The van der Waals surface area contributed by atoms with Crippen LogP contribution in [-0.4, -0.2) is 16.5 Å². The van der Waals surface area contributed by atoms with Crippen molar-refractivity contribution in [2.24, 2.45) is 5.92 Å². The maximum absolute atomic E-state index is 6.94. The normalized spacial score (nSPS) is 15.2. The van der Waals surface area contributed by atoms with E-state index >= 15 is 0 Å². The summed E-state index contributed by atoms with van der Waals surface area (Å²) in [5, 5.41) is 0. The first-order valence-corrected chi connectivity index (χ1v) is 5.15. The molecule has 5 heteroatoms. The van der Waals surface area contributed by atoms with Gasteiger partial charge in [-0.05, 0) is 11.0 Å². The van der Waals surface area contributed by atoms with Crippen LogP contribution < -0.4 is 24.8 Å². The van der Waals surface area contributed by atoms with Gasteiger partial charge in [-0.3, -0.25) is 6.08 Å². The zero-order chi connectivity index (χ0) is 11.5. The number of rotatable bonds is 0. The Balaban J connectivity index is -0.0000000282. The van der Waals surface area contributed by atoms with Gasteiger partial charge in [0.2, 0.25) is 0 Å². The van der Waals surface area contributed by atoms with Crippen molar-refractivity contribution < 1.29 is 51.0 Å². The third-order valence-electron chi connectivity index (χ3n) is 2.24. The van der Waals surface area contributed by atoms with E-state index in [-0.39, 0.29) is 82.4 Å². The van der Waals surface area contributed by atoms with Gasteiger partial charge in [0, 0.05) is 0 Å². The Hall–Kier alpha value is 1.12. The van der Waals surface area contributed by atoms with Gasteiger partial charge in [0.1, 0.15) is 0 Å². The molecule has 1 atom stereocenters. The number of hydrogen-bond donors (Lipinski definition) is 0. The average molecular weight is 418 g/mol. The van der Waals surface area contributed by atoms with Gasteiger partial charge in [-0.2, -0.15) is 11.1 Å². The van der Waals surface area contributed by atoms with Crippen molar-refractivity contribution in [2.45, 2.75) is 54.0 Å². The fourth-order valence-corrected chi connectivity index (χ4v) is 1.16. The molecule has 1 aliphatic carbocycles. The average Bonchev–Trinajstić information content (AvgIpc) is 2.14. The van der Waals surface area contributed by atoms with Crippen LogP contribution in [0.1, 0.15) is 48.5 Å². The Morgan fingerprint density at radius 2 is 1.25 bits per heavy atom. The molecule has 1 nitrogen and oxygen atoms in total. The third-order valence-corrected chi connectivity index (χ3v) is 2.24. The summed E-state index contributed by atoms with van der Waals surface area (Å²) in [7, 11) is 0. The molecular formula is C15H33Cl2NSiZr-4. The number of hydrogen-bond acceptors (Lipinski definition) is 0. The zero-order valence-corrected chi connectivity index (χ0v) is 17.8. The second-order valence-electron chi connectivity index (χ2n) is 5.05. The molecule has 0 bridgehead atoms. The molecule has 0 fully saturated rings. The fourth-order valence-electron chi connectivity index (χ4n) is 1.16. The molecule has 1 N–H and O–H groups in total. The van der Waals surface area contributed by atoms with E-state index in [0.717, 1.165) is 0 Å². The van der Waals surface area contributed by atoms with Crippen molar-refractivity contribution in [3.05, 3.63) is 43.4 Å². The quantitative estimate of drug-likeness (QED) is 0.322. The summed E-state index contributed by atoms with van der Waals surface area (Å²) in [5.74, 6) is 0.560. The second kappa shape index (κ2) is 18.2. The van der Waals surface area contributed by atoms with Crippen molar-refractivity contribution >= 4 is 11.0 Å². The van der Waals surface area contributed by atoms with Crippen molar-refractivity contribution in [2.75, 3.05) is 0 Å². The van der Waals surface area contributed by atoms with Crippen molar-refractivity contribution in [3.8, 4) is 0 Å². The van der Waals surface area contributed by atoms with Crippen LogP contribution in [0.5, 0.6) is 0 Å². The van der Waals surface area contributed by atoms with E-state index in [1.54, 1.807) is 0 Å². The van der Waals surface area contributed by atoms with Gasteiger partial charge in [-0.25, -0.2) is 5.57 Å². The van der Waals surface area contributed by atoms with Gasteiger partial charge >= 0.3 is 26.2 Å². The van der Waals surface area contributed by atoms with Gasteiger partial charge in [0.25, 0.3) is 0 Å². The molecule has 0 saturated heterocycles. The first kappa shape index (κ1) is 42.9. The predicted molar refractivity (Wildman–Crippen MR) is 88.2 cm³/mol. The van der Waals surface area contributed by atoms with E-state index in [2.05, 4.69) is 33.8 Å². The molecule has 0 spiro atoms. The number of halogens is 2. The Labute approximate surface area is 164 Å². The minimum absolute atomic E-state index is 0. The van der Waals surface area contributed by atoms with Crippen LogP contribution in [0.3, 0.4) is 0 Å². The van der Waals surface area contributed by atoms with Crippen LogP contribution in [0.2, 0.25) is 0 Å². The largest absolute Gasteiger partial charge is 2.00 e. The molecule has 0 aromatic carbocycles. The van der Waals surface area contributed by atoms with Gasteiger partial charge < -0.3 is 45.4 Å². The SMILES string of the molecule is CC(C)(C)[NH-].CC1=[C-]C(C)C(C)=C1C.[CH3-].[CH3-].[Cl-].[Cl-].[SiH4].[Zr+2]. The molecule has 0 saturated carbocycles. The Bertz CT molecular complexity index is 266. The van der Waals surface area contributed by atoms with E-state index in [4.69, 9.17) is 5.73 Å². The first-order valence-electron chi connectivity index (χ1n) is 5.15. The molecule has 0 amide bonds. The monoisotopic (exact) mass is 415 g/mol. The van der Waals surface area contributed by atoms with Crippen LogP contribution in [0, 0.1) is 26.8 Å². The van der Waals surface area contributed by atoms with Crippen LogP contribution in [0.15, 0.2) is 16.7 Å². The van der Waals surface area contributed by atoms with Crippen LogP contribution in [-0.2, 0) is 26.2 Å². The Morgan fingerprint density at radius 1 is 1.00 bits per heavy atom. The first-order chi connectivity index (χ1) is 6.13. The van der Waals surface area contributed by atoms with Gasteiger partial charge in [-0.15, -0.1) is 12.5 Å². The molecule has 1 aliphatic rings. The van der Waals surface area contributed by atoms with Gasteiger partial charge in [-0.1, -0.05) is 47.5 Å². The molecule has 0 aromatic rings. The maximum Gasteiger partial charge on any atom is 2.00 e. The van der Waals surface area contributed by atoms with E-state index in [0.29, 0.717) is 5.92 Å². The van der Waals surface area contributed by atoms with Crippen LogP contribution in [0.25, 0.3) is 5.73 Å². The van der Waals surface area contributed by atoms with E-state index in [9.17, 15) is 0 Å². The Kier molecular flexibility index (Phi) is 39.0. The summed E-state index contributed by atoms with van der Waals surface area (Å²) in [6, 6.07) is 0. The summed E-state index contributed by atoms with van der Waals surface area (Å²) in [6.07, 6.45) is 3.36. The van der Waals surface area contributed by atoms with Crippen molar-refractivity contribution in [1.82, 2.24) is 0 Å². The summed E-state index contributed by atoms with van der Waals surface area (Å²) in [5.41, 5.74) is 10.9. The zero-order valence-electron chi connectivity index (χ0n) is 13.8. The topological polar surface area (TPSA) is 23.8 Å². The third kappa shape index (κ3) is 21.4. The van der Waals surface area contributed by atoms with Gasteiger partial charge in [0.05, 0.1) is 0 Å². The van der Waals surface area contributed by atoms with E-state index < -0.39 is 0 Å². The fraction of sp³-hybridized carbons (Fsp3) is 0.600. The second-order valence-corrected chi connectivity index (χ2v) is 5.05. The molecule has 0 heterocycles. The molecule has 0 radical (unpaired) electrons. The van der Waals surface area contributed by atoms with E-state index in [1.807, 2.05) is 20.8 Å². The van der Waals surface area contributed by atoms with Crippen LogP contribution >= 0.6 is 0 Å². The van der Waals surface area contributed by atoms with Crippen LogP contribution in [0.4, 0.5) is 0 Å². The minimum Gasteiger partial charge on any atom is -1.00 e. The van der Waals surface area contributed by atoms with Gasteiger partial charge in [0.15, 0.2) is 0 Å². The molecule has 1 unspecified atom stereocenters. The number of nitrogens with one attached hydrogen (secondary N) is 1. The predicted octanol–water partition coefficient (Wildman–Crippen LogP) is -1.99. The maximum atomic E-state index is 6.94. The standard InChI is InChI=1S/C9H13.C4H10N.2CH3.2ClH.H4Si.Zr/c1-6-5-7(2)9(4)8(6)3;1-4(2,3)5;;;;;;/h6H,1-4H3;5H,1-3H3;2*1H3;2*1H;1H4;/q4*-1;;;;+2/p-2. The summed E-state index contributed by atoms with van der Waals surface area (Å²) >= 11 is 0. The Morgan fingerprint density at radius 3 is 1.30 bits per heavy atom. The van der Waals surface area contributed by atoms with E-state index in [1.165, 1.54) is 16.7 Å². The molecule has 20 heavy (non-hydrogen) atoms. The summed E-state index contributed by atoms with van der Waals surface area (Å²) in [4.78, 5) is 0. The molecule has 1 rings (SSSR count). The molecule has 0 aromatic heterocycles. The molecule has 124 valence electrons. The smallest absolute Gasteiger partial charge is 1.00 e. The van der Waals surface area contributed by atoms with Crippen molar-refractivity contribution in [3.63, 3.8) is 0 Å². The van der Waals surface area contributed by atoms with Crippen molar-refractivity contribution in [1.29, 1.82) is 0 Å². The summed E-state index contributed by atoms with van der Waals surface area (Å²) in [6.45, 7) is 14.2. The molecule has 0 aliphatic heterocycles. The number of allylic oxidation sites excluding steroid dienone is 4. The summed E-state index contributed by atoms with van der Waals surface area (Å²) < 4.78 is 0.